The quantitative estimate of drug-likeness (QED) is 0.0988. The van der Waals surface area contributed by atoms with Crippen molar-refractivity contribution in [3.05, 3.63) is 12.2 Å². The summed E-state index contributed by atoms with van der Waals surface area (Å²) in [5.74, 6) is -0.0255. The van der Waals surface area contributed by atoms with Gasteiger partial charge in [0, 0.05) is 61.7 Å². The van der Waals surface area contributed by atoms with Crippen LogP contribution >= 0.6 is 21.6 Å². The van der Waals surface area contributed by atoms with Crippen LogP contribution in [0.4, 0.5) is 0 Å². The van der Waals surface area contributed by atoms with Gasteiger partial charge in [-0.2, -0.15) is 0 Å². The lowest BCUT2D eigenvalue weighted by Crippen LogP contribution is -2.35. The van der Waals surface area contributed by atoms with Crippen molar-refractivity contribution in [2.24, 2.45) is 0 Å². The number of nitrogens with zero attached hydrogens (tertiary/aromatic N) is 1. The summed E-state index contributed by atoms with van der Waals surface area (Å²) in [6.07, 6.45) is 2.89. The molecule has 3 N–H and O–H groups in total. The highest BCUT2D eigenvalue weighted by Crippen LogP contribution is 2.37. The normalized spacial score (nSPS) is 13.5. The van der Waals surface area contributed by atoms with E-state index >= 15 is 0 Å². The Hall–Kier alpha value is -1.64. The molecule has 1 heterocycles. The molecule has 4 amide bonds. The van der Waals surface area contributed by atoms with E-state index in [0.717, 1.165) is 17.2 Å². The lowest BCUT2D eigenvalue weighted by molar-refractivity contribution is -0.137. The average Bonchev–Trinajstić information content (AvgIpc) is 3.15. The van der Waals surface area contributed by atoms with Crippen molar-refractivity contribution < 1.29 is 33.4 Å². The highest BCUT2D eigenvalue weighted by Gasteiger charge is 2.24. The fourth-order valence-electron chi connectivity index (χ4n) is 2.84. The van der Waals surface area contributed by atoms with E-state index in [-0.39, 0.29) is 29.5 Å². The summed E-state index contributed by atoms with van der Waals surface area (Å²) in [6.45, 7) is 8.33. The minimum absolute atomic E-state index is 0.0176. The Morgan fingerprint density at radius 3 is 1.94 bits per heavy atom. The van der Waals surface area contributed by atoms with Gasteiger partial charge >= 0.3 is 0 Å². The Morgan fingerprint density at radius 2 is 1.39 bits per heavy atom. The van der Waals surface area contributed by atoms with E-state index < -0.39 is 11.8 Å². The minimum Gasteiger partial charge on any atom is -0.377 e. The first-order valence-electron chi connectivity index (χ1n) is 12.0. The van der Waals surface area contributed by atoms with Crippen LogP contribution in [0.5, 0.6) is 0 Å². The number of amides is 4. The summed E-state index contributed by atoms with van der Waals surface area (Å²) in [7, 11) is 5.42. The van der Waals surface area contributed by atoms with Gasteiger partial charge in [-0.25, -0.2) is 0 Å². The fraction of sp³-hybridized carbons (Fsp3) is 0.739. The standard InChI is InChI=1S/C23H40N4O7S2/c1-23(2,36-35-17-9-24-3)18-20(29)26-8-12-33-14-16-34-15-13-32-11-7-25-19(28)6-10-27-21(30)4-5-22(27)31/h4-5,24H,6-18H2,1-3H3,(H,25,28)(H,26,29). The highest BCUT2D eigenvalue weighted by atomic mass is 33.1. The number of rotatable bonds is 22. The number of carbonyl (C=O) groups is 4. The lowest BCUT2D eigenvalue weighted by Gasteiger charge is -2.22. The number of ether oxygens (including phenoxy) is 3. The Labute approximate surface area is 221 Å². The van der Waals surface area contributed by atoms with Crippen LogP contribution in [0.25, 0.3) is 0 Å². The average molecular weight is 549 g/mol. The van der Waals surface area contributed by atoms with Gasteiger partial charge in [0.15, 0.2) is 0 Å². The van der Waals surface area contributed by atoms with Crippen LogP contribution in [0, 0.1) is 0 Å². The molecular weight excluding hydrogens is 508 g/mol. The summed E-state index contributed by atoms with van der Waals surface area (Å²) in [5, 5.41) is 8.66. The summed E-state index contributed by atoms with van der Waals surface area (Å²) in [4.78, 5) is 47.7. The van der Waals surface area contributed by atoms with Crippen LogP contribution in [0.3, 0.4) is 0 Å². The Balaban J connectivity index is 1.86. The van der Waals surface area contributed by atoms with E-state index in [1.807, 2.05) is 7.05 Å². The van der Waals surface area contributed by atoms with Gasteiger partial charge in [0.25, 0.3) is 11.8 Å². The van der Waals surface area contributed by atoms with Gasteiger partial charge in [-0.05, 0) is 20.9 Å². The van der Waals surface area contributed by atoms with Gasteiger partial charge in [-0.3, -0.25) is 24.1 Å². The van der Waals surface area contributed by atoms with Crippen molar-refractivity contribution in [2.75, 3.05) is 78.6 Å². The van der Waals surface area contributed by atoms with Crippen LogP contribution in [0.1, 0.15) is 26.7 Å². The zero-order chi connectivity index (χ0) is 26.7. The fourth-order valence-corrected chi connectivity index (χ4v) is 5.36. The van der Waals surface area contributed by atoms with E-state index in [1.54, 1.807) is 21.6 Å². The van der Waals surface area contributed by atoms with Crippen molar-refractivity contribution in [3.8, 4) is 0 Å². The molecule has 0 bridgehead atoms. The molecule has 13 heteroatoms. The van der Waals surface area contributed by atoms with Crippen LogP contribution in [0.15, 0.2) is 12.2 Å². The monoisotopic (exact) mass is 548 g/mol. The molecule has 0 aliphatic carbocycles. The summed E-state index contributed by atoms with van der Waals surface area (Å²) < 4.78 is 16.1. The van der Waals surface area contributed by atoms with E-state index in [9.17, 15) is 19.2 Å². The number of hydrogen-bond donors (Lipinski definition) is 3. The maximum atomic E-state index is 12.1. The van der Waals surface area contributed by atoms with Crippen LogP contribution in [0.2, 0.25) is 0 Å². The summed E-state index contributed by atoms with van der Waals surface area (Å²) >= 11 is 0. The lowest BCUT2D eigenvalue weighted by atomic mass is 10.1. The van der Waals surface area contributed by atoms with E-state index in [4.69, 9.17) is 14.2 Å². The Morgan fingerprint density at radius 1 is 0.861 bits per heavy atom. The second-order valence-electron chi connectivity index (χ2n) is 8.39. The van der Waals surface area contributed by atoms with Crippen molar-refractivity contribution in [3.63, 3.8) is 0 Å². The number of nitrogens with one attached hydrogen (secondary N) is 3. The molecule has 0 fully saturated rings. The van der Waals surface area contributed by atoms with Crippen molar-refractivity contribution in [2.45, 2.75) is 31.4 Å². The second-order valence-corrected chi connectivity index (χ2v) is 11.5. The molecule has 11 nitrogen and oxygen atoms in total. The highest BCUT2D eigenvalue weighted by molar-refractivity contribution is 8.77. The van der Waals surface area contributed by atoms with Crippen molar-refractivity contribution in [1.82, 2.24) is 20.9 Å². The second kappa shape index (κ2) is 19.5. The van der Waals surface area contributed by atoms with E-state index in [1.165, 1.54) is 12.2 Å². The third-order valence-electron chi connectivity index (χ3n) is 4.65. The molecule has 0 spiro atoms. The molecule has 0 saturated carbocycles. The van der Waals surface area contributed by atoms with Gasteiger partial charge in [0.2, 0.25) is 11.8 Å². The predicted molar refractivity (Wildman–Crippen MR) is 142 cm³/mol. The zero-order valence-corrected chi connectivity index (χ0v) is 23.1. The number of imide groups is 1. The molecule has 0 radical (unpaired) electrons. The molecule has 0 aromatic rings. The molecule has 1 aliphatic rings. The first kappa shape index (κ1) is 32.4. The summed E-state index contributed by atoms with van der Waals surface area (Å²) in [5.41, 5.74) is 0. The van der Waals surface area contributed by atoms with Crippen LogP contribution < -0.4 is 16.0 Å². The first-order chi connectivity index (χ1) is 17.2. The number of hydrogen-bond acceptors (Lipinski definition) is 10. The maximum Gasteiger partial charge on any atom is 0.253 e. The molecule has 1 aliphatic heterocycles. The number of carbonyl (C=O) groups excluding carboxylic acids is 4. The minimum atomic E-state index is -0.395. The molecule has 206 valence electrons. The van der Waals surface area contributed by atoms with Crippen LogP contribution in [-0.2, 0) is 33.4 Å². The van der Waals surface area contributed by atoms with Crippen molar-refractivity contribution in [1.29, 1.82) is 0 Å². The van der Waals surface area contributed by atoms with E-state index in [0.29, 0.717) is 59.2 Å². The van der Waals surface area contributed by atoms with Gasteiger partial charge < -0.3 is 30.2 Å². The molecule has 0 aromatic carbocycles. The Kier molecular flexibility index (Phi) is 17.5. The topological polar surface area (TPSA) is 135 Å². The SMILES string of the molecule is CNCCSSC(C)(C)CC(=O)NCCOCCOCCOCCNC(=O)CCN1C(=O)C=CC1=O. The summed E-state index contributed by atoms with van der Waals surface area (Å²) in [6, 6.07) is 0. The largest absolute Gasteiger partial charge is 0.377 e. The van der Waals surface area contributed by atoms with Crippen LogP contribution in [-0.4, -0.2) is 112 Å². The maximum absolute atomic E-state index is 12.1. The van der Waals surface area contributed by atoms with Crippen molar-refractivity contribution >= 4 is 45.2 Å². The predicted octanol–water partition coefficient (Wildman–Crippen LogP) is 0.353. The zero-order valence-electron chi connectivity index (χ0n) is 21.5. The molecule has 0 unspecified atom stereocenters. The third-order valence-corrected chi connectivity index (χ3v) is 7.94. The molecule has 36 heavy (non-hydrogen) atoms. The smallest absolute Gasteiger partial charge is 0.253 e. The van der Waals surface area contributed by atoms with Gasteiger partial charge in [-0.1, -0.05) is 21.6 Å². The molecule has 1 rings (SSSR count). The molecule has 0 saturated heterocycles. The first-order valence-corrected chi connectivity index (χ1v) is 14.3. The Bertz CT molecular complexity index is 705. The third kappa shape index (κ3) is 16.2. The molecule has 0 atom stereocenters. The van der Waals surface area contributed by atoms with Gasteiger partial charge in [-0.15, -0.1) is 0 Å². The van der Waals surface area contributed by atoms with Gasteiger partial charge in [0.05, 0.1) is 39.6 Å². The molecule has 0 aromatic heterocycles. The molecular formula is C23H40N4O7S2. The van der Waals surface area contributed by atoms with Gasteiger partial charge in [0.1, 0.15) is 0 Å². The van der Waals surface area contributed by atoms with E-state index in [2.05, 4.69) is 29.8 Å².